The van der Waals surface area contributed by atoms with Gasteiger partial charge in [-0.15, -0.1) is 11.3 Å². The van der Waals surface area contributed by atoms with Crippen LogP contribution in [-0.2, 0) is 20.5 Å². The van der Waals surface area contributed by atoms with Crippen LogP contribution in [0.15, 0.2) is 48.0 Å². The van der Waals surface area contributed by atoms with Crippen LogP contribution in [0.1, 0.15) is 72.7 Å². The fourth-order valence-corrected chi connectivity index (χ4v) is 6.25. The number of anilines is 2. The number of carbonyl (C=O) groups excluding carboxylic acids is 3. The van der Waals surface area contributed by atoms with E-state index in [0.29, 0.717) is 24.1 Å². The van der Waals surface area contributed by atoms with Crippen molar-refractivity contribution in [2.45, 2.75) is 63.5 Å². The van der Waals surface area contributed by atoms with E-state index in [4.69, 9.17) is 4.74 Å². The standard InChI is InChI=1S/C30H27F4N5O4S/c1-28(2,3)43-24(40)16-37-25(41)19-8-7-17(13-21(19)31)39-26(23-6-4-11-44-23)38(27(42)29(39)9-5-10-29)18-12-20(30(32,33)34)22(14-35)36-15-18/h4,6-8,11-13,15,26H,5,9-10,16H2,1-3H3,(H,37,41). The first-order chi connectivity index (χ1) is 20.7. The molecule has 2 fully saturated rings. The number of hydrogen-bond acceptors (Lipinski definition) is 8. The number of nitrogens with one attached hydrogen (secondary N) is 1. The molecule has 230 valence electrons. The number of nitrogens with zero attached hydrogens (tertiary/aromatic N) is 4. The number of nitriles is 1. The molecule has 2 aromatic heterocycles. The molecular formula is C30H27F4N5O4S. The maximum atomic E-state index is 15.5. The van der Waals surface area contributed by atoms with Crippen molar-refractivity contribution in [2.24, 2.45) is 0 Å². The zero-order valence-electron chi connectivity index (χ0n) is 23.9. The lowest BCUT2D eigenvalue weighted by molar-refractivity contribution is -0.153. The minimum absolute atomic E-state index is 0.160. The smallest absolute Gasteiger partial charge is 0.419 e. The molecule has 3 heterocycles. The van der Waals surface area contributed by atoms with Gasteiger partial charge in [-0.3, -0.25) is 19.3 Å². The lowest BCUT2D eigenvalue weighted by atomic mass is 9.75. The lowest BCUT2D eigenvalue weighted by Crippen LogP contribution is -2.55. The number of carbonyl (C=O) groups is 3. The van der Waals surface area contributed by atoms with Gasteiger partial charge in [0, 0.05) is 10.6 Å². The molecule has 0 radical (unpaired) electrons. The monoisotopic (exact) mass is 629 g/mol. The SMILES string of the molecule is CC(C)(C)OC(=O)CNC(=O)c1ccc(N2C(c3cccs3)N(c3cnc(C#N)c(C(F)(F)F)c3)C(=O)C23CCC3)cc1F. The number of amides is 2. The number of halogens is 4. The first-order valence-corrected chi connectivity index (χ1v) is 14.5. The Morgan fingerprint density at radius 1 is 1.18 bits per heavy atom. The number of pyridine rings is 1. The van der Waals surface area contributed by atoms with Crippen LogP contribution in [0.3, 0.4) is 0 Å². The van der Waals surface area contributed by atoms with Gasteiger partial charge in [0.25, 0.3) is 11.8 Å². The van der Waals surface area contributed by atoms with E-state index in [-0.39, 0.29) is 16.9 Å². The lowest BCUT2D eigenvalue weighted by Gasteiger charge is -2.45. The van der Waals surface area contributed by atoms with Gasteiger partial charge in [-0.25, -0.2) is 9.37 Å². The van der Waals surface area contributed by atoms with Gasteiger partial charge >= 0.3 is 12.1 Å². The molecule has 0 bridgehead atoms. The van der Waals surface area contributed by atoms with Crippen LogP contribution in [0.2, 0.25) is 0 Å². The molecule has 1 aliphatic carbocycles. The number of esters is 1. The highest BCUT2D eigenvalue weighted by Crippen LogP contribution is 2.54. The number of alkyl halides is 3. The van der Waals surface area contributed by atoms with Gasteiger partial charge in [-0.1, -0.05) is 6.07 Å². The van der Waals surface area contributed by atoms with Crippen molar-refractivity contribution in [3.05, 3.63) is 75.5 Å². The van der Waals surface area contributed by atoms with Crippen molar-refractivity contribution in [1.29, 1.82) is 5.26 Å². The highest BCUT2D eigenvalue weighted by atomic mass is 32.1. The molecule has 1 saturated heterocycles. The second-order valence-electron chi connectivity index (χ2n) is 11.5. The number of rotatable bonds is 6. The summed E-state index contributed by atoms with van der Waals surface area (Å²) in [4.78, 5) is 46.1. The molecule has 1 saturated carbocycles. The Morgan fingerprint density at radius 3 is 2.45 bits per heavy atom. The fraction of sp³-hybridized carbons (Fsp3) is 0.367. The predicted molar refractivity (Wildman–Crippen MR) is 152 cm³/mol. The molecule has 1 atom stereocenters. The van der Waals surface area contributed by atoms with Crippen molar-refractivity contribution in [2.75, 3.05) is 16.3 Å². The summed E-state index contributed by atoms with van der Waals surface area (Å²) >= 11 is 1.26. The van der Waals surface area contributed by atoms with Crippen LogP contribution in [0.5, 0.6) is 0 Å². The van der Waals surface area contributed by atoms with Crippen molar-refractivity contribution in [3.8, 4) is 6.07 Å². The molecule has 5 rings (SSSR count). The number of thiophene rings is 1. The van der Waals surface area contributed by atoms with Crippen LogP contribution in [0.25, 0.3) is 0 Å². The van der Waals surface area contributed by atoms with Crippen LogP contribution in [0, 0.1) is 17.1 Å². The Kier molecular flexibility index (Phi) is 7.88. The largest absolute Gasteiger partial charge is 0.459 e. The third kappa shape index (κ3) is 5.59. The summed E-state index contributed by atoms with van der Waals surface area (Å²) in [6.45, 7) is 4.53. The van der Waals surface area contributed by atoms with E-state index in [1.165, 1.54) is 34.4 Å². The van der Waals surface area contributed by atoms with E-state index < -0.39 is 64.9 Å². The summed E-state index contributed by atoms with van der Waals surface area (Å²) in [7, 11) is 0. The van der Waals surface area contributed by atoms with Gasteiger partial charge in [0.2, 0.25) is 0 Å². The molecule has 9 nitrogen and oxygen atoms in total. The first kappa shape index (κ1) is 30.9. The Balaban J connectivity index is 1.53. The van der Waals surface area contributed by atoms with E-state index in [2.05, 4.69) is 10.3 Å². The number of benzene rings is 1. The van der Waals surface area contributed by atoms with Crippen molar-refractivity contribution < 1.29 is 36.7 Å². The molecule has 1 unspecified atom stereocenters. The number of ether oxygens (including phenoxy) is 1. The molecule has 1 aliphatic heterocycles. The summed E-state index contributed by atoms with van der Waals surface area (Å²) in [5.41, 5.74) is -4.32. The molecule has 1 spiro atoms. The Morgan fingerprint density at radius 2 is 1.91 bits per heavy atom. The Bertz CT molecular complexity index is 1660. The zero-order valence-corrected chi connectivity index (χ0v) is 24.7. The van der Waals surface area contributed by atoms with Crippen LogP contribution < -0.4 is 15.1 Å². The zero-order chi connectivity index (χ0) is 32.0. The van der Waals surface area contributed by atoms with Crippen LogP contribution in [0.4, 0.5) is 28.9 Å². The van der Waals surface area contributed by atoms with E-state index >= 15 is 4.39 Å². The van der Waals surface area contributed by atoms with E-state index in [9.17, 15) is 32.8 Å². The summed E-state index contributed by atoms with van der Waals surface area (Å²) in [6.07, 6.45) is -3.43. The predicted octanol–water partition coefficient (Wildman–Crippen LogP) is 5.72. The quantitative estimate of drug-likeness (QED) is 0.274. The molecule has 14 heteroatoms. The molecule has 3 aromatic rings. The summed E-state index contributed by atoms with van der Waals surface area (Å²) in [6, 6.07) is 9.41. The van der Waals surface area contributed by atoms with Crippen molar-refractivity contribution in [1.82, 2.24) is 10.3 Å². The molecule has 2 aliphatic rings. The Labute approximate surface area is 254 Å². The molecule has 2 amide bonds. The average molecular weight is 630 g/mol. The number of aromatic nitrogens is 1. The number of hydrogen-bond donors (Lipinski definition) is 1. The maximum absolute atomic E-state index is 15.5. The topological polar surface area (TPSA) is 116 Å². The fourth-order valence-electron chi connectivity index (χ4n) is 5.45. The van der Waals surface area contributed by atoms with E-state index in [1.54, 1.807) is 43.2 Å². The van der Waals surface area contributed by atoms with Crippen molar-refractivity contribution in [3.63, 3.8) is 0 Å². The Hall–Kier alpha value is -4.51. The summed E-state index contributed by atoms with van der Waals surface area (Å²) in [5, 5.41) is 13.3. The third-order valence-electron chi connectivity index (χ3n) is 7.40. The highest BCUT2D eigenvalue weighted by molar-refractivity contribution is 7.10. The maximum Gasteiger partial charge on any atom is 0.419 e. The highest BCUT2D eigenvalue weighted by Gasteiger charge is 2.61. The average Bonchev–Trinajstić information content (AvgIpc) is 3.54. The van der Waals surface area contributed by atoms with Crippen LogP contribution in [-0.4, -0.2) is 40.5 Å². The minimum Gasteiger partial charge on any atom is -0.459 e. The molecule has 1 N–H and O–H groups in total. The van der Waals surface area contributed by atoms with Gasteiger partial charge in [-0.05, 0) is 75.7 Å². The minimum atomic E-state index is -4.90. The molecule has 44 heavy (non-hydrogen) atoms. The van der Waals surface area contributed by atoms with Gasteiger partial charge in [0.15, 0.2) is 5.69 Å². The van der Waals surface area contributed by atoms with Gasteiger partial charge in [0.1, 0.15) is 35.7 Å². The van der Waals surface area contributed by atoms with E-state index in [0.717, 1.165) is 18.3 Å². The first-order valence-electron chi connectivity index (χ1n) is 13.6. The third-order valence-corrected chi connectivity index (χ3v) is 8.31. The van der Waals surface area contributed by atoms with Crippen molar-refractivity contribution >= 4 is 40.5 Å². The summed E-state index contributed by atoms with van der Waals surface area (Å²) in [5.74, 6) is -2.96. The van der Waals surface area contributed by atoms with E-state index in [1.807, 2.05) is 0 Å². The molecule has 1 aromatic carbocycles. The van der Waals surface area contributed by atoms with Gasteiger partial charge in [-0.2, -0.15) is 18.4 Å². The van der Waals surface area contributed by atoms with Gasteiger partial charge in [0.05, 0.1) is 23.0 Å². The second-order valence-corrected chi connectivity index (χ2v) is 12.4. The second kappa shape index (κ2) is 11.2. The normalized spacial score (nSPS) is 17.8. The van der Waals surface area contributed by atoms with Crippen LogP contribution >= 0.6 is 11.3 Å². The van der Waals surface area contributed by atoms with Gasteiger partial charge < -0.3 is 15.0 Å². The summed E-state index contributed by atoms with van der Waals surface area (Å²) < 4.78 is 62.2. The molecular weight excluding hydrogens is 602 g/mol.